The number of nitrogens with zero attached hydrogens (tertiary/aromatic N) is 2. The largest absolute Gasteiger partial charge is 0.378 e. The van der Waals surface area contributed by atoms with Crippen molar-refractivity contribution in [3.63, 3.8) is 0 Å². The standard InChI is InChI=1S/C17H22N2O2/c1-2-3-9-21-15-10-13(11-15)16-12-17(20)19(18-16)14-7-5-4-6-8-14/h4-8,13,15H,2-3,9-12H2,1H3. The highest BCUT2D eigenvalue weighted by Gasteiger charge is 2.38. The summed E-state index contributed by atoms with van der Waals surface area (Å²) in [4.78, 5) is 12.1. The first kappa shape index (κ1) is 14.3. The fourth-order valence-corrected chi connectivity index (χ4v) is 2.81. The van der Waals surface area contributed by atoms with Crippen LogP contribution in [0.3, 0.4) is 0 Å². The highest BCUT2D eigenvalue weighted by molar-refractivity contribution is 6.13. The third-order valence-corrected chi connectivity index (χ3v) is 4.22. The molecular weight excluding hydrogens is 264 g/mol. The van der Waals surface area contributed by atoms with E-state index < -0.39 is 0 Å². The molecule has 1 saturated carbocycles. The highest BCUT2D eigenvalue weighted by atomic mass is 16.5. The van der Waals surface area contributed by atoms with Crippen molar-refractivity contribution in [1.29, 1.82) is 0 Å². The molecule has 4 nitrogen and oxygen atoms in total. The number of amides is 1. The Bertz CT molecular complexity index is 521. The summed E-state index contributed by atoms with van der Waals surface area (Å²) in [7, 11) is 0. The summed E-state index contributed by atoms with van der Waals surface area (Å²) in [5.74, 6) is 0.501. The molecule has 1 aliphatic carbocycles. The molecule has 0 N–H and O–H groups in total. The average molecular weight is 286 g/mol. The Hall–Kier alpha value is -1.68. The van der Waals surface area contributed by atoms with Crippen molar-refractivity contribution in [2.45, 2.75) is 45.1 Å². The van der Waals surface area contributed by atoms with E-state index in [4.69, 9.17) is 4.74 Å². The van der Waals surface area contributed by atoms with Crippen LogP contribution >= 0.6 is 0 Å². The van der Waals surface area contributed by atoms with Crippen molar-refractivity contribution in [2.24, 2.45) is 11.0 Å². The van der Waals surface area contributed by atoms with E-state index in [1.54, 1.807) is 5.01 Å². The number of benzene rings is 1. The molecule has 1 fully saturated rings. The first-order valence-corrected chi connectivity index (χ1v) is 7.85. The van der Waals surface area contributed by atoms with E-state index in [1.165, 1.54) is 6.42 Å². The molecule has 1 amide bonds. The number of para-hydroxylation sites is 1. The highest BCUT2D eigenvalue weighted by Crippen LogP contribution is 2.35. The van der Waals surface area contributed by atoms with Gasteiger partial charge in [-0.15, -0.1) is 0 Å². The zero-order valence-corrected chi connectivity index (χ0v) is 12.5. The number of carbonyl (C=O) groups excluding carboxylic acids is 1. The molecule has 2 aliphatic rings. The molecule has 0 spiro atoms. The quantitative estimate of drug-likeness (QED) is 0.752. The molecule has 1 aliphatic heterocycles. The van der Waals surface area contributed by atoms with E-state index in [1.807, 2.05) is 30.3 Å². The van der Waals surface area contributed by atoms with Gasteiger partial charge in [-0.05, 0) is 31.4 Å². The van der Waals surface area contributed by atoms with Crippen LogP contribution in [0.15, 0.2) is 35.4 Å². The molecule has 3 rings (SSSR count). The van der Waals surface area contributed by atoms with Crippen LogP contribution in [0.25, 0.3) is 0 Å². The van der Waals surface area contributed by atoms with Crippen molar-refractivity contribution in [3.05, 3.63) is 30.3 Å². The number of ether oxygens (including phenoxy) is 1. The Balaban J connectivity index is 1.55. The van der Waals surface area contributed by atoms with Crippen molar-refractivity contribution in [3.8, 4) is 0 Å². The Morgan fingerprint density at radius 1 is 1.29 bits per heavy atom. The smallest absolute Gasteiger partial charge is 0.253 e. The van der Waals surface area contributed by atoms with Crippen molar-refractivity contribution >= 4 is 17.3 Å². The lowest BCUT2D eigenvalue weighted by atomic mass is 9.78. The summed E-state index contributed by atoms with van der Waals surface area (Å²) >= 11 is 0. The Kier molecular flexibility index (Phi) is 4.34. The van der Waals surface area contributed by atoms with Crippen LogP contribution in [0, 0.1) is 5.92 Å². The topological polar surface area (TPSA) is 41.9 Å². The van der Waals surface area contributed by atoms with Gasteiger partial charge < -0.3 is 4.74 Å². The lowest BCUT2D eigenvalue weighted by Gasteiger charge is -2.34. The second kappa shape index (κ2) is 6.39. The Morgan fingerprint density at radius 2 is 2.05 bits per heavy atom. The van der Waals surface area contributed by atoms with Gasteiger partial charge >= 0.3 is 0 Å². The van der Waals surface area contributed by atoms with Gasteiger partial charge in [-0.3, -0.25) is 4.79 Å². The van der Waals surface area contributed by atoms with Crippen molar-refractivity contribution in [2.75, 3.05) is 11.6 Å². The minimum absolute atomic E-state index is 0.0755. The summed E-state index contributed by atoms with van der Waals surface area (Å²) in [6, 6.07) is 9.64. The van der Waals surface area contributed by atoms with Gasteiger partial charge in [0.05, 0.1) is 23.9 Å². The number of unbranched alkanes of at least 4 members (excludes halogenated alkanes) is 1. The second-order valence-electron chi connectivity index (χ2n) is 5.82. The molecule has 112 valence electrons. The van der Waals surface area contributed by atoms with Crippen LogP contribution in [0.4, 0.5) is 5.69 Å². The summed E-state index contributed by atoms with van der Waals surface area (Å²) < 4.78 is 5.79. The first-order chi connectivity index (χ1) is 10.3. The minimum Gasteiger partial charge on any atom is -0.378 e. The molecular formula is C17H22N2O2. The number of hydrazone groups is 1. The van der Waals surface area contributed by atoms with E-state index in [9.17, 15) is 4.79 Å². The van der Waals surface area contributed by atoms with Crippen molar-refractivity contribution < 1.29 is 9.53 Å². The molecule has 1 aromatic carbocycles. The van der Waals surface area contributed by atoms with Gasteiger partial charge in [0.15, 0.2) is 0 Å². The van der Waals surface area contributed by atoms with Crippen LogP contribution in [0.2, 0.25) is 0 Å². The number of hydrogen-bond acceptors (Lipinski definition) is 3. The SMILES string of the molecule is CCCCOC1CC(C2=NN(c3ccccc3)C(=O)C2)C1. The summed E-state index contributed by atoms with van der Waals surface area (Å²) in [5.41, 5.74) is 1.88. The second-order valence-corrected chi connectivity index (χ2v) is 5.82. The summed E-state index contributed by atoms with van der Waals surface area (Å²) in [5, 5.41) is 6.08. The molecule has 4 heteroatoms. The fourth-order valence-electron chi connectivity index (χ4n) is 2.81. The van der Waals surface area contributed by atoms with Crippen molar-refractivity contribution in [1.82, 2.24) is 0 Å². The predicted molar refractivity (Wildman–Crippen MR) is 83.4 cm³/mol. The van der Waals surface area contributed by atoms with Crippen LogP contribution in [-0.2, 0) is 9.53 Å². The van der Waals surface area contributed by atoms with Gasteiger partial charge in [0.2, 0.25) is 0 Å². The fraction of sp³-hybridized carbons (Fsp3) is 0.529. The maximum absolute atomic E-state index is 12.1. The molecule has 21 heavy (non-hydrogen) atoms. The van der Waals surface area contributed by atoms with E-state index in [2.05, 4.69) is 12.0 Å². The third kappa shape index (κ3) is 3.16. The first-order valence-electron chi connectivity index (χ1n) is 7.85. The predicted octanol–water partition coefficient (Wildman–Crippen LogP) is 3.37. The summed E-state index contributed by atoms with van der Waals surface area (Å²) in [6.45, 7) is 3.03. The molecule has 1 aromatic rings. The molecule has 0 atom stereocenters. The van der Waals surface area contributed by atoms with E-state index in [0.717, 1.165) is 37.3 Å². The third-order valence-electron chi connectivity index (χ3n) is 4.22. The normalized spacial score (nSPS) is 24.9. The minimum atomic E-state index is 0.0755. The molecule has 0 unspecified atom stereocenters. The van der Waals surface area contributed by atoms with E-state index >= 15 is 0 Å². The number of carbonyl (C=O) groups is 1. The summed E-state index contributed by atoms with van der Waals surface area (Å²) in [6.07, 6.45) is 5.15. The zero-order chi connectivity index (χ0) is 14.7. The van der Waals surface area contributed by atoms with Gasteiger partial charge in [0.1, 0.15) is 0 Å². The monoisotopic (exact) mass is 286 g/mol. The van der Waals surface area contributed by atoms with Gasteiger partial charge in [0, 0.05) is 12.5 Å². The molecule has 0 aromatic heterocycles. The van der Waals surface area contributed by atoms with Gasteiger partial charge in [-0.2, -0.15) is 5.10 Å². The maximum Gasteiger partial charge on any atom is 0.253 e. The average Bonchev–Trinajstić information content (AvgIpc) is 2.84. The maximum atomic E-state index is 12.1. The molecule has 0 radical (unpaired) electrons. The van der Waals surface area contributed by atoms with Gasteiger partial charge in [-0.25, -0.2) is 5.01 Å². The number of hydrogen-bond donors (Lipinski definition) is 0. The number of rotatable bonds is 6. The van der Waals surface area contributed by atoms with Crippen LogP contribution < -0.4 is 5.01 Å². The lowest BCUT2D eigenvalue weighted by Crippen LogP contribution is -2.36. The Morgan fingerprint density at radius 3 is 2.76 bits per heavy atom. The van der Waals surface area contributed by atoms with E-state index in [0.29, 0.717) is 18.4 Å². The van der Waals surface area contributed by atoms with Gasteiger partial charge in [0.25, 0.3) is 5.91 Å². The molecule has 0 saturated heterocycles. The Labute approximate surface area is 125 Å². The van der Waals surface area contributed by atoms with Crippen LogP contribution in [0.1, 0.15) is 39.0 Å². The number of anilines is 1. The lowest BCUT2D eigenvalue weighted by molar-refractivity contribution is -0.117. The van der Waals surface area contributed by atoms with Gasteiger partial charge in [-0.1, -0.05) is 31.5 Å². The molecule has 0 bridgehead atoms. The van der Waals surface area contributed by atoms with Crippen LogP contribution in [-0.4, -0.2) is 24.3 Å². The van der Waals surface area contributed by atoms with Crippen LogP contribution in [0.5, 0.6) is 0 Å². The van der Waals surface area contributed by atoms with E-state index in [-0.39, 0.29) is 5.91 Å². The zero-order valence-electron chi connectivity index (χ0n) is 12.5. The molecule has 1 heterocycles.